The van der Waals surface area contributed by atoms with Crippen molar-refractivity contribution in [3.63, 3.8) is 0 Å². The third-order valence-electron chi connectivity index (χ3n) is 4.60. The van der Waals surface area contributed by atoms with Crippen molar-refractivity contribution in [3.8, 4) is 0 Å². The zero-order valence-electron chi connectivity index (χ0n) is 13.0. The van der Waals surface area contributed by atoms with Gasteiger partial charge in [0.2, 0.25) is 5.91 Å². The number of benzene rings is 2. The zero-order chi connectivity index (χ0) is 16.1. The van der Waals surface area contributed by atoms with Gasteiger partial charge in [-0.1, -0.05) is 18.2 Å². The molecule has 1 fully saturated rings. The van der Waals surface area contributed by atoms with E-state index in [-0.39, 0.29) is 11.8 Å². The Labute approximate surface area is 138 Å². The van der Waals surface area contributed by atoms with Gasteiger partial charge in [-0.3, -0.25) is 9.79 Å². The number of nitrogens with zero attached hydrogens (tertiary/aromatic N) is 2. The Morgan fingerprint density at radius 3 is 2.88 bits per heavy atom. The topological polar surface area (TPSA) is 70.1 Å². The molecule has 0 radical (unpaired) electrons. The van der Waals surface area contributed by atoms with Crippen LogP contribution in [0.5, 0.6) is 0 Å². The smallest absolute Gasteiger partial charge is 0.227 e. The molecule has 24 heavy (non-hydrogen) atoms. The SMILES string of the molecule is O=C(Nc1ccc2c(c1)C(c1nc3ccccc3[nH]1)=NC2)C1CC1. The fourth-order valence-corrected chi connectivity index (χ4v) is 3.12. The lowest BCUT2D eigenvalue weighted by Crippen LogP contribution is -2.14. The molecular formula is C19H16N4O. The van der Waals surface area contributed by atoms with E-state index in [2.05, 4.69) is 20.3 Å². The first-order valence-electron chi connectivity index (χ1n) is 8.22. The molecule has 2 aliphatic rings. The van der Waals surface area contributed by atoms with Crippen LogP contribution in [0.1, 0.15) is 29.8 Å². The molecule has 1 amide bonds. The van der Waals surface area contributed by atoms with Crippen molar-refractivity contribution in [1.82, 2.24) is 9.97 Å². The molecule has 118 valence electrons. The van der Waals surface area contributed by atoms with E-state index in [1.54, 1.807) is 0 Å². The number of hydrogen-bond acceptors (Lipinski definition) is 3. The Morgan fingerprint density at radius 2 is 2.04 bits per heavy atom. The van der Waals surface area contributed by atoms with Crippen LogP contribution in [0, 0.1) is 5.92 Å². The second-order valence-corrected chi connectivity index (χ2v) is 6.40. The summed E-state index contributed by atoms with van der Waals surface area (Å²) in [6, 6.07) is 14.0. The van der Waals surface area contributed by atoms with Gasteiger partial charge in [0.15, 0.2) is 5.82 Å². The molecule has 0 bridgehead atoms. The van der Waals surface area contributed by atoms with Gasteiger partial charge >= 0.3 is 0 Å². The van der Waals surface area contributed by atoms with E-state index in [1.165, 1.54) is 0 Å². The number of anilines is 1. The lowest BCUT2D eigenvalue weighted by atomic mass is 10.0. The number of hydrogen-bond donors (Lipinski definition) is 2. The van der Waals surface area contributed by atoms with Crippen LogP contribution in [0.3, 0.4) is 0 Å². The van der Waals surface area contributed by atoms with Crippen LogP contribution in [-0.4, -0.2) is 21.6 Å². The fraction of sp³-hybridized carbons (Fsp3) is 0.211. The standard InChI is InChI=1S/C19H16N4O/c24-19(11-5-6-11)21-13-8-7-12-10-20-17(14(12)9-13)18-22-15-3-1-2-4-16(15)23-18/h1-4,7-9,11H,5-6,10H2,(H,21,24)(H,22,23). The Bertz CT molecular complexity index is 965. The van der Waals surface area contributed by atoms with Gasteiger partial charge in [-0.2, -0.15) is 0 Å². The highest BCUT2D eigenvalue weighted by Crippen LogP contribution is 2.31. The molecule has 0 atom stereocenters. The van der Waals surface area contributed by atoms with Gasteiger partial charge < -0.3 is 10.3 Å². The second kappa shape index (κ2) is 5.03. The quantitative estimate of drug-likeness (QED) is 0.778. The summed E-state index contributed by atoms with van der Waals surface area (Å²) < 4.78 is 0. The maximum atomic E-state index is 12.0. The second-order valence-electron chi connectivity index (χ2n) is 6.40. The summed E-state index contributed by atoms with van der Waals surface area (Å²) in [5, 5.41) is 3.01. The summed E-state index contributed by atoms with van der Waals surface area (Å²) >= 11 is 0. The average molecular weight is 316 g/mol. The van der Waals surface area contributed by atoms with Gasteiger partial charge in [0.25, 0.3) is 0 Å². The van der Waals surface area contributed by atoms with E-state index in [0.717, 1.165) is 52.2 Å². The predicted octanol–water partition coefficient (Wildman–Crippen LogP) is 3.26. The maximum absolute atomic E-state index is 12.0. The molecule has 1 aliphatic heterocycles. The lowest BCUT2D eigenvalue weighted by Gasteiger charge is -2.07. The van der Waals surface area contributed by atoms with Crippen molar-refractivity contribution < 1.29 is 4.79 Å². The van der Waals surface area contributed by atoms with Crippen molar-refractivity contribution in [2.45, 2.75) is 19.4 Å². The molecular weight excluding hydrogens is 300 g/mol. The minimum atomic E-state index is 0.121. The van der Waals surface area contributed by atoms with Crippen LogP contribution in [0.15, 0.2) is 47.5 Å². The molecule has 2 heterocycles. The minimum Gasteiger partial charge on any atom is -0.337 e. The molecule has 5 rings (SSSR count). The number of aromatic nitrogens is 2. The first-order valence-corrected chi connectivity index (χ1v) is 8.22. The van der Waals surface area contributed by atoms with Crippen molar-refractivity contribution in [2.24, 2.45) is 10.9 Å². The summed E-state index contributed by atoms with van der Waals surface area (Å²) in [4.78, 5) is 24.6. The van der Waals surface area contributed by atoms with E-state index < -0.39 is 0 Å². The number of H-pyrrole nitrogens is 1. The number of para-hydroxylation sites is 2. The molecule has 0 spiro atoms. The zero-order valence-corrected chi connectivity index (χ0v) is 13.0. The number of carbonyl (C=O) groups excluding carboxylic acids is 1. The Kier molecular flexibility index (Phi) is 2.82. The number of fused-ring (bicyclic) bond motifs is 2. The highest BCUT2D eigenvalue weighted by atomic mass is 16.2. The summed E-state index contributed by atoms with van der Waals surface area (Å²) in [5.41, 5.74) is 5.83. The number of aliphatic imine (C=N–C) groups is 1. The van der Waals surface area contributed by atoms with Gasteiger partial charge in [0.05, 0.1) is 17.6 Å². The highest BCUT2D eigenvalue weighted by molar-refractivity contribution is 6.14. The van der Waals surface area contributed by atoms with Crippen LogP contribution >= 0.6 is 0 Å². The number of rotatable bonds is 3. The van der Waals surface area contributed by atoms with E-state index in [4.69, 9.17) is 0 Å². The molecule has 0 saturated heterocycles. The molecule has 0 unspecified atom stereocenters. The van der Waals surface area contributed by atoms with Crippen molar-refractivity contribution in [2.75, 3.05) is 5.32 Å². The number of nitrogens with one attached hydrogen (secondary N) is 2. The van der Waals surface area contributed by atoms with E-state index in [0.29, 0.717) is 6.54 Å². The van der Waals surface area contributed by atoms with Crippen LogP contribution in [0.4, 0.5) is 5.69 Å². The van der Waals surface area contributed by atoms with Gasteiger partial charge in [0, 0.05) is 17.2 Å². The summed E-state index contributed by atoms with van der Waals surface area (Å²) in [6.45, 7) is 0.651. The van der Waals surface area contributed by atoms with Crippen molar-refractivity contribution in [3.05, 3.63) is 59.4 Å². The first-order chi connectivity index (χ1) is 11.8. The average Bonchev–Trinajstić information content (AvgIpc) is 3.23. The molecule has 2 N–H and O–H groups in total. The normalized spacial score (nSPS) is 16.1. The van der Waals surface area contributed by atoms with E-state index >= 15 is 0 Å². The predicted molar refractivity (Wildman–Crippen MR) is 93.2 cm³/mol. The Balaban J connectivity index is 1.51. The first kappa shape index (κ1) is 13.5. The molecule has 1 aliphatic carbocycles. The number of carbonyl (C=O) groups is 1. The molecule has 3 aromatic rings. The highest BCUT2D eigenvalue weighted by Gasteiger charge is 2.30. The van der Waals surface area contributed by atoms with Crippen molar-refractivity contribution >= 4 is 28.3 Å². The third kappa shape index (κ3) is 2.21. The van der Waals surface area contributed by atoms with Crippen LogP contribution in [-0.2, 0) is 11.3 Å². The monoisotopic (exact) mass is 316 g/mol. The fourth-order valence-electron chi connectivity index (χ4n) is 3.12. The molecule has 1 saturated carbocycles. The van der Waals surface area contributed by atoms with Crippen LogP contribution in [0.2, 0.25) is 0 Å². The van der Waals surface area contributed by atoms with E-state index in [1.807, 2.05) is 42.5 Å². The number of aromatic amines is 1. The van der Waals surface area contributed by atoms with E-state index in [9.17, 15) is 4.79 Å². The summed E-state index contributed by atoms with van der Waals surface area (Å²) in [7, 11) is 0. The Morgan fingerprint density at radius 1 is 1.17 bits per heavy atom. The minimum absolute atomic E-state index is 0.121. The maximum Gasteiger partial charge on any atom is 0.227 e. The van der Waals surface area contributed by atoms with Gasteiger partial charge in [-0.15, -0.1) is 0 Å². The summed E-state index contributed by atoms with van der Waals surface area (Å²) in [5.74, 6) is 1.09. The molecule has 1 aromatic heterocycles. The van der Waals surface area contributed by atoms with Crippen LogP contribution in [0.25, 0.3) is 11.0 Å². The largest absolute Gasteiger partial charge is 0.337 e. The van der Waals surface area contributed by atoms with Gasteiger partial charge in [-0.05, 0) is 42.7 Å². The molecule has 5 nitrogen and oxygen atoms in total. The number of amides is 1. The number of imidazole rings is 1. The lowest BCUT2D eigenvalue weighted by molar-refractivity contribution is -0.117. The third-order valence-corrected chi connectivity index (χ3v) is 4.60. The van der Waals surface area contributed by atoms with Gasteiger partial charge in [0.1, 0.15) is 5.71 Å². The summed E-state index contributed by atoms with van der Waals surface area (Å²) in [6.07, 6.45) is 2.00. The Hall–Kier alpha value is -2.95. The van der Waals surface area contributed by atoms with Crippen molar-refractivity contribution in [1.29, 1.82) is 0 Å². The molecule has 2 aromatic carbocycles. The van der Waals surface area contributed by atoms with Crippen LogP contribution < -0.4 is 5.32 Å². The molecule has 5 heteroatoms. The van der Waals surface area contributed by atoms with Gasteiger partial charge in [-0.25, -0.2) is 4.98 Å².